The number of carbonyl (C=O) groups is 1. The third kappa shape index (κ3) is 4.39. The van der Waals surface area contributed by atoms with Gasteiger partial charge in [0, 0.05) is 17.7 Å². The van der Waals surface area contributed by atoms with Gasteiger partial charge in [0.2, 0.25) is 5.89 Å². The fourth-order valence-corrected chi connectivity index (χ4v) is 2.89. The average molecular weight is 330 g/mol. The Bertz CT molecular complexity index is 749. The molecular formula is C16H18N4O2S. The topological polar surface area (TPSA) is 92.7 Å². The standard InChI is InChI=1S/C16H18N4O2S/c1-4-5-6-15-19-14(20-22-15)9-23-16-12(8-17)7-13(11(3)21)10(2)18-16/h7H,4-6,9H2,1-3H3. The molecule has 2 rings (SSSR count). The second-order valence-electron chi connectivity index (χ2n) is 5.14. The first-order valence-electron chi connectivity index (χ1n) is 7.42. The molecule has 2 aromatic rings. The van der Waals surface area contributed by atoms with Crippen molar-refractivity contribution in [2.75, 3.05) is 0 Å². The number of pyridine rings is 1. The lowest BCUT2D eigenvalue weighted by molar-refractivity contribution is 0.101. The Morgan fingerprint density at radius 1 is 1.43 bits per heavy atom. The number of rotatable bonds is 7. The predicted octanol–water partition coefficient (Wildman–Crippen LogP) is 3.48. The van der Waals surface area contributed by atoms with Gasteiger partial charge in [-0.1, -0.05) is 30.3 Å². The van der Waals surface area contributed by atoms with E-state index in [-0.39, 0.29) is 5.78 Å². The number of thioether (sulfide) groups is 1. The molecule has 23 heavy (non-hydrogen) atoms. The van der Waals surface area contributed by atoms with Crippen molar-refractivity contribution < 1.29 is 9.32 Å². The van der Waals surface area contributed by atoms with E-state index in [0.717, 1.165) is 19.3 Å². The largest absolute Gasteiger partial charge is 0.339 e. The number of nitrogens with zero attached hydrogens (tertiary/aromatic N) is 4. The van der Waals surface area contributed by atoms with E-state index in [9.17, 15) is 10.1 Å². The zero-order chi connectivity index (χ0) is 16.8. The lowest BCUT2D eigenvalue weighted by Gasteiger charge is -2.06. The second-order valence-corrected chi connectivity index (χ2v) is 6.10. The number of aryl methyl sites for hydroxylation is 2. The first-order chi connectivity index (χ1) is 11.0. The predicted molar refractivity (Wildman–Crippen MR) is 86.2 cm³/mol. The summed E-state index contributed by atoms with van der Waals surface area (Å²) in [7, 11) is 0. The highest BCUT2D eigenvalue weighted by Gasteiger charge is 2.14. The van der Waals surface area contributed by atoms with Crippen LogP contribution in [0.1, 0.15) is 60.0 Å². The number of nitriles is 1. The van der Waals surface area contributed by atoms with Gasteiger partial charge in [0.15, 0.2) is 11.6 Å². The van der Waals surface area contributed by atoms with Crippen LogP contribution in [0.2, 0.25) is 0 Å². The molecular weight excluding hydrogens is 312 g/mol. The van der Waals surface area contributed by atoms with Gasteiger partial charge in [-0.15, -0.1) is 0 Å². The van der Waals surface area contributed by atoms with E-state index in [1.165, 1.54) is 18.7 Å². The molecule has 0 saturated carbocycles. The van der Waals surface area contributed by atoms with Gasteiger partial charge in [-0.05, 0) is 26.3 Å². The zero-order valence-electron chi connectivity index (χ0n) is 13.4. The van der Waals surface area contributed by atoms with Crippen molar-refractivity contribution >= 4 is 17.5 Å². The van der Waals surface area contributed by atoms with E-state index in [2.05, 4.69) is 28.1 Å². The monoisotopic (exact) mass is 330 g/mol. The van der Waals surface area contributed by atoms with Gasteiger partial charge in [-0.3, -0.25) is 4.79 Å². The fraction of sp³-hybridized carbons (Fsp3) is 0.438. The molecule has 0 spiro atoms. The van der Waals surface area contributed by atoms with E-state index >= 15 is 0 Å². The molecule has 0 aromatic carbocycles. The smallest absolute Gasteiger partial charge is 0.226 e. The fourth-order valence-electron chi connectivity index (χ4n) is 2.04. The van der Waals surface area contributed by atoms with Crippen LogP contribution in [0.15, 0.2) is 15.6 Å². The zero-order valence-corrected chi connectivity index (χ0v) is 14.2. The van der Waals surface area contributed by atoms with Gasteiger partial charge in [0.25, 0.3) is 0 Å². The summed E-state index contributed by atoms with van der Waals surface area (Å²) in [6, 6.07) is 3.68. The van der Waals surface area contributed by atoms with Crippen LogP contribution in [-0.2, 0) is 12.2 Å². The van der Waals surface area contributed by atoms with Crippen molar-refractivity contribution in [1.82, 2.24) is 15.1 Å². The van der Waals surface area contributed by atoms with E-state index in [4.69, 9.17) is 4.52 Å². The number of aromatic nitrogens is 3. The summed E-state index contributed by atoms with van der Waals surface area (Å²) in [6.07, 6.45) is 2.87. The molecule has 0 fully saturated rings. The van der Waals surface area contributed by atoms with Gasteiger partial charge in [-0.25, -0.2) is 4.98 Å². The molecule has 0 unspecified atom stereocenters. The molecule has 0 aliphatic heterocycles. The highest BCUT2D eigenvalue weighted by molar-refractivity contribution is 7.98. The van der Waals surface area contributed by atoms with E-state index in [1.54, 1.807) is 13.0 Å². The molecule has 0 atom stereocenters. The minimum atomic E-state index is -0.0956. The van der Waals surface area contributed by atoms with Crippen molar-refractivity contribution in [2.45, 2.75) is 50.8 Å². The molecule has 2 heterocycles. The lowest BCUT2D eigenvalue weighted by atomic mass is 10.1. The molecule has 2 aromatic heterocycles. The first-order valence-corrected chi connectivity index (χ1v) is 8.40. The van der Waals surface area contributed by atoms with Gasteiger partial charge < -0.3 is 4.52 Å². The quantitative estimate of drug-likeness (QED) is 0.566. The van der Waals surface area contributed by atoms with Gasteiger partial charge in [0.1, 0.15) is 11.1 Å². The van der Waals surface area contributed by atoms with Crippen LogP contribution in [0.3, 0.4) is 0 Å². The summed E-state index contributed by atoms with van der Waals surface area (Å²) in [5.41, 5.74) is 1.49. The Hall–Kier alpha value is -2.20. The Labute approximate surface area is 139 Å². The van der Waals surface area contributed by atoms with E-state index in [0.29, 0.717) is 39.3 Å². The number of Topliss-reactive ketones (excluding diaryl/α,β-unsaturated/α-hetero) is 1. The molecule has 0 N–H and O–H groups in total. The van der Waals surface area contributed by atoms with Gasteiger partial charge in [0.05, 0.1) is 11.3 Å². The number of hydrogen-bond acceptors (Lipinski definition) is 7. The maximum Gasteiger partial charge on any atom is 0.226 e. The Balaban J connectivity index is 2.11. The summed E-state index contributed by atoms with van der Waals surface area (Å²) in [5, 5.41) is 13.8. The van der Waals surface area contributed by atoms with Crippen molar-refractivity contribution in [1.29, 1.82) is 5.26 Å². The third-order valence-corrected chi connectivity index (χ3v) is 4.26. The summed E-state index contributed by atoms with van der Waals surface area (Å²) < 4.78 is 5.18. The molecule has 0 saturated heterocycles. The average Bonchev–Trinajstić information content (AvgIpc) is 2.98. The maximum atomic E-state index is 11.5. The van der Waals surface area contributed by atoms with E-state index in [1.807, 2.05) is 0 Å². The van der Waals surface area contributed by atoms with Gasteiger partial charge >= 0.3 is 0 Å². The minimum absolute atomic E-state index is 0.0956. The highest BCUT2D eigenvalue weighted by Crippen LogP contribution is 2.25. The number of carbonyl (C=O) groups excluding carboxylic acids is 1. The molecule has 7 heteroatoms. The van der Waals surface area contributed by atoms with Crippen molar-refractivity contribution in [3.63, 3.8) is 0 Å². The minimum Gasteiger partial charge on any atom is -0.339 e. The first kappa shape index (κ1) is 17.2. The van der Waals surface area contributed by atoms with Crippen molar-refractivity contribution in [3.05, 3.63) is 34.6 Å². The Morgan fingerprint density at radius 3 is 2.87 bits per heavy atom. The van der Waals surface area contributed by atoms with Crippen molar-refractivity contribution in [3.8, 4) is 6.07 Å². The molecule has 6 nitrogen and oxygen atoms in total. The normalized spacial score (nSPS) is 10.5. The summed E-state index contributed by atoms with van der Waals surface area (Å²) >= 11 is 1.37. The molecule has 0 bridgehead atoms. The van der Waals surface area contributed by atoms with Crippen LogP contribution < -0.4 is 0 Å². The molecule has 0 radical (unpaired) electrons. The SMILES string of the molecule is CCCCc1nc(CSc2nc(C)c(C(C)=O)cc2C#N)no1. The molecule has 0 amide bonds. The van der Waals surface area contributed by atoms with Crippen molar-refractivity contribution in [2.24, 2.45) is 0 Å². The molecule has 0 aliphatic carbocycles. The van der Waals surface area contributed by atoms with Crippen LogP contribution in [0.4, 0.5) is 0 Å². The number of hydrogen-bond donors (Lipinski definition) is 0. The second kappa shape index (κ2) is 7.88. The van der Waals surface area contributed by atoms with Crippen LogP contribution in [-0.4, -0.2) is 20.9 Å². The number of ketones is 1. The van der Waals surface area contributed by atoms with E-state index < -0.39 is 0 Å². The maximum absolute atomic E-state index is 11.5. The third-order valence-electron chi connectivity index (χ3n) is 3.27. The van der Waals surface area contributed by atoms with Gasteiger partial charge in [-0.2, -0.15) is 10.2 Å². The summed E-state index contributed by atoms with van der Waals surface area (Å²) in [5.74, 6) is 1.59. The summed E-state index contributed by atoms with van der Waals surface area (Å²) in [4.78, 5) is 20.2. The molecule has 0 aliphatic rings. The highest BCUT2D eigenvalue weighted by atomic mass is 32.2. The number of unbranched alkanes of at least 4 members (excludes halogenated alkanes) is 1. The Morgan fingerprint density at radius 2 is 2.22 bits per heavy atom. The Kier molecular flexibility index (Phi) is 5.88. The van der Waals surface area contributed by atoms with Crippen LogP contribution in [0, 0.1) is 18.3 Å². The molecule has 120 valence electrons. The van der Waals surface area contributed by atoms with Crippen LogP contribution in [0.5, 0.6) is 0 Å². The lowest BCUT2D eigenvalue weighted by Crippen LogP contribution is -2.02. The summed E-state index contributed by atoms with van der Waals surface area (Å²) in [6.45, 7) is 5.34. The van der Waals surface area contributed by atoms with Crippen LogP contribution in [0.25, 0.3) is 0 Å². The van der Waals surface area contributed by atoms with Crippen LogP contribution >= 0.6 is 11.8 Å².